The van der Waals surface area contributed by atoms with Crippen LogP contribution >= 0.6 is 0 Å². The highest BCUT2D eigenvalue weighted by Crippen LogP contribution is 2.41. The number of rotatable bonds is 1. The van der Waals surface area contributed by atoms with Gasteiger partial charge in [0, 0.05) is 12.5 Å². The number of hydrogen-bond donors (Lipinski definition) is 1. The smallest absolute Gasteiger partial charge is 0.0688 e. The topological polar surface area (TPSA) is 42.8 Å². The average molecular weight is 162 g/mol. The molecule has 0 unspecified atom stereocenters. The Labute approximate surface area is 71.6 Å². The zero-order chi connectivity index (χ0) is 7.97. The molecule has 0 saturated heterocycles. The number of aromatic nitrogens is 2. The van der Waals surface area contributed by atoms with Gasteiger partial charge in [-0.25, -0.2) is 5.32 Å². The third-order valence-electron chi connectivity index (χ3n) is 2.74. The molecule has 12 heavy (non-hydrogen) atoms. The Bertz CT molecular complexity index is 299. The summed E-state index contributed by atoms with van der Waals surface area (Å²) in [4.78, 5) is 0. The highest BCUT2D eigenvalue weighted by Gasteiger charge is 2.30. The molecule has 0 amide bonds. The fourth-order valence-electron chi connectivity index (χ4n) is 1.90. The van der Waals surface area contributed by atoms with E-state index in [4.69, 9.17) is 0 Å². The number of nitrogens with one attached hydrogen (secondary N) is 1. The van der Waals surface area contributed by atoms with Crippen molar-refractivity contribution in [3.05, 3.63) is 17.0 Å². The fourth-order valence-corrected chi connectivity index (χ4v) is 1.90. The molecule has 63 valence electrons. The minimum absolute atomic E-state index is 0.781. The van der Waals surface area contributed by atoms with Crippen LogP contribution in [0.2, 0.25) is 0 Å². The number of fused-ring (bicyclic) bond motifs is 1. The predicted molar refractivity (Wildman–Crippen MR) is 45.0 cm³/mol. The van der Waals surface area contributed by atoms with Crippen LogP contribution in [0.4, 0.5) is 0 Å². The minimum atomic E-state index is 0.781. The summed E-state index contributed by atoms with van der Waals surface area (Å²) >= 11 is 0. The standard InChI is InChI=1S/C9H12N3/c1-2-6(1)9-7-3-4-10-5-8(7)11-12-9/h6H,1-5H2,(H,11,12). The number of aromatic amines is 1. The molecule has 1 aromatic rings. The van der Waals surface area contributed by atoms with Crippen LogP contribution < -0.4 is 5.32 Å². The summed E-state index contributed by atoms with van der Waals surface area (Å²) in [7, 11) is 0. The average Bonchev–Trinajstić information content (AvgIpc) is 2.86. The van der Waals surface area contributed by atoms with E-state index in [1.165, 1.54) is 29.8 Å². The molecule has 3 rings (SSSR count). The molecule has 2 aliphatic rings. The second-order valence-electron chi connectivity index (χ2n) is 3.70. The summed E-state index contributed by atoms with van der Waals surface area (Å²) in [5, 5.41) is 11.8. The molecular weight excluding hydrogens is 150 g/mol. The van der Waals surface area contributed by atoms with Crippen molar-refractivity contribution in [3.8, 4) is 0 Å². The van der Waals surface area contributed by atoms with Gasteiger partial charge in [-0.2, -0.15) is 5.10 Å². The van der Waals surface area contributed by atoms with Gasteiger partial charge in [0.1, 0.15) is 0 Å². The third kappa shape index (κ3) is 0.894. The Morgan fingerprint density at radius 2 is 2.25 bits per heavy atom. The molecule has 0 spiro atoms. The van der Waals surface area contributed by atoms with Crippen LogP contribution in [0.25, 0.3) is 0 Å². The van der Waals surface area contributed by atoms with Crippen molar-refractivity contribution in [1.29, 1.82) is 0 Å². The molecule has 0 bridgehead atoms. The largest absolute Gasteiger partial charge is 0.281 e. The predicted octanol–water partition coefficient (Wildman–Crippen LogP) is 0.948. The van der Waals surface area contributed by atoms with E-state index in [0.717, 1.165) is 25.4 Å². The summed E-state index contributed by atoms with van der Waals surface area (Å²) in [6.45, 7) is 1.85. The van der Waals surface area contributed by atoms with Crippen LogP contribution in [-0.2, 0) is 13.0 Å². The maximum absolute atomic E-state index is 4.37. The van der Waals surface area contributed by atoms with Crippen LogP contribution in [0.15, 0.2) is 0 Å². The molecule has 0 atom stereocenters. The second kappa shape index (κ2) is 2.33. The normalized spacial score (nSPS) is 22.3. The summed E-state index contributed by atoms with van der Waals surface area (Å²) in [6.07, 6.45) is 3.79. The van der Waals surface area contributed by atoms with Crippen molar-refractivity contribution in [3.63, 3.8) is 0 Å². The summed E-state index contributed by atoms with van der Waals surface area (Å²) in [5.41, 5.74) is 4.09. The highest BCUT2D eigenvalue weighted by molar-refractivity contribution is 5.32. The van der Waals surface area contributed by atoms with Crippen LogP contribution in [-0.4, -0.2) is 16.7 Å². The van der Waals surface area contributed by atoms with E-state index in [1.807, 2.05) is 0 Å². The Morgan fingerprint density at radius 1 is 1.33 bits per heavy atom. The lowest BCUT2D eigenvalue weighted by Gasteiger charge is -2.10. The van der Waals surface area contributed by atoms with E-state index >= 15 is 0 Å². The van der Waals surface area contributed by atoms with E-state index in [1.54, 1.807) is 0 Å². The molecule has 1 fully saturated rings. The van der Waals surface area contributed by atoms with E-state index in [2.05, 4.69) is 15.5 Å². The first-order valence-corrected chi connectivity index (χ1v) is 4.64. The van der Waals surface area contributed by atoms with Crippen LogP contribution in [0, 0.1) is 0 Å². The van der Waals surface area contributed by atoms with Gasteiger partial charge in [-0.15, -0.1) is 0 Å². The quantitative estimate of drug-likeness (QED) is 0.656. The van der Waals surface area contributed by atoms with Gasteiger partial charge in [-0.3, -0.25) is 5.10 Å². The van der Waals surface area contributed by atoms with Gasteiger partial charge in [-0.1, -0.05) is 0 Å². The Kier molecular flexibility index (Phi) is 1.29. The summed E-state index contributed by atoms with van der Waals surface area (Å²) in [5.74, 6) is 0.781. The second-order valence-corrected chi connectivity index (χ2v) is 3.70. The molecule has 1 aliphatic carbocycles. The lowest BCUT2D eigenvalue weighted by molar-refractivity contribution is 0.618. The zero-order valence-electron chi connectivity index (χ0n) is 7.01. The van der Waals surface area contributed by atoms with Gasteiger partial charge in [0.2, 0.25) is 0 Å². The van der Waals surface area contributed by atoms with Crippen LogP contribution in [0.5, 0.6) is 0 Å². The van der Waals surface area contributed by atoms with Crippen molar-refractivity contribution >= 4 is 0 Å². The van der Waals surface area contributed by atoms with E-state index in [-0.39, 0.29) is 0 Å². The molecule has 1 saturated carbocycles. The third-order valence-corrected chi connectivity index (χ3v) is 2.74. The fraction of sp³-hybridized carbons (Fsp3) is 0.667. The first-order valence-electron chi connectivity index (χ1n) is 4.64. The van der Waals surface area contributed by atoms with Gasteiger partial charge in [0.25, 0.3) is 0 Å². The van der Waals surface area contributed by atoms with Gasteiger partial charge >= 0.3 is 0 Å². The Hall–Kier alpha value is -0.830. The van der Waals surface area contributed by atoms with Crippen LogP contribution in [0.1, 0.15) is 35.7 Å². The van der Waals surface area contributed by atoms with Crippen molar-refractivity contribution in [2.24, 2.45) is 0 Å². The SMILES string of the molecule is C1Cc2c(C3CC3)n[nH]c2C[N]1. The summed E-state index contributed by atoms with van der Waals surface area (Å²) < 4.78 is 0. The lowest BCUT2D eigenvalue weighted by Crippen LogP contribution is -2.17. The summed E-state index contributed by atoms with van der Waals surface area (Å²) in [6, 6.07) is 0. The van der Waals surface area contributed by atoms with E-state index in [9.17, 15) is 0 Å². The van der Waals surface area contributed by atoms with Crippen molar-refractivity contribution in [2.45, 2.75) is 31.7 Å². The maximum Gasteiger partial charge on any atom is 0.0688 e. The Balaban J connectivity index is 2.03. The van der Waals surface area contributed by atoms with Crippen molar-refractivity contribution in [1.82, 2.24) is 15.5 Å². The molecule has 1 aromatic heterocycles. The molecule has 3 heteroatoms. The maximum atomic E-state index is 4.37. The number of H-pyrrole nitrogens is 1. The van der Waals surface area contributed by atoms with Gasteiger partial charge in [0.15, 0.2) is 0 Å². The molecule has 1 radical (unpaired) electrons. The van der Waals surface area contributed by atoms with Crippen molar-refractivity contribution < 1.29 is 0 Å². The first-order chi connectivity index (χ1) is 5.95. The molecule has 1 N–H and O–H groups in total. The molecule has 2 heterocycles. The molecule has 0 aromatic carbocycles. The zero-order valence-corrected chi connectivity index (χ0v) is 7.01. The van der Waals surface area contributed by atoms with E-state index < -0.39 is 0 Å². The van der Waals surface area contributed by atoms with Gasteiger partial charge < -0.3 is 0 Å². The number of hydrogen-bond acceptors (Lipinski definition) is 1. The minimum Gasteiger partial charge on any atom is -0.281 e. The monoisotopic (exact) mass is 162 g/mol. The van der Waals surface area contributed by atoms with Crippen molar-refractivity contribution in [2.75, 3.05) is 6.54 Å². The Morgan fingerprint density at radius 3 is 3.08 bits per heavy atom. The molecule has 3 nitrogen and oxygen atoms in total. The lowest BCUT2D eigenvalue weighted by atomic mass is 10.0. The molecule has 1 aliphatic heterocycles. The van der Waals surface area contributed by atoms with Gasteiger partial charge in [0.05, 0.1) is 17.9 Å². The number of nitrogens with zero attached hydrogens (tertiary/aromatic N) is 2. The van der Waals surface area contributed by atoms with Crippen LogP contribution in [0.3, 0.4) is 0 Å². The van der Waals surface area contributed by atoms with E-state index in [0.29, 0.717) is 0 Å². The molecular formula is C9H12N3. The highest BCUT2D eigenvalue weighted by atomic mass is 15.1. The van der Waals surface area contributed by atoms with Gasteiger partial charge in [-0.05, 0) is 24.8 Å². The first kappa shape index (κ1) is 6.66.